The van der Waals surface area contributed by atoms with Crippen LogP contribution in [0.25, 0.3) is 0 Å². The van der Waals surface area contributed by atoms with Crippen LogP contribution in [0.4, 0.5) is 11.4 Å². The second kappa shape index (κ2) is 6.04. The Morgan fingerprint density at radius 3 is 2.76 bits per heavy atom. The number of nitrogens with zero attached hydrogens (tertiary/aromatic N) is 2. The molecule has 21 heavy (non-hydrogen) atoms. The van der Waals surface area contributed by atoms with Crippen LogP contribution in [0.5, 0.6) is 11.5 Å². The van der Waals surface area contributed by atoms with Crippen molar-refractivity contribution in [3.63, 3.8) is 0 Å². The fraction of sp³-hybridized carbons (Fsp3) is 0.133. The zero-order chi connectivity index (χ0) is 15.4. The van der Waals surface area contributed by atoms with Crippen LogP contribution >= 0.6 is 0 Å². The Balaban J connectivity index is 2.38. The summed E-state index contributed by atoms with van der Waals surface area (Å²) in [5.74, 6) is 0.646. The SMILES string of the molecule is COc1ccc(O)c(C=Nc2cccc([N+](=O)[O-])c2C)c1. The summed E-state index contributed by atoms with van der Waals surface area (Å²) in [6, 6.07) is 9.44. The standard InChI is InChI=1S/C15H14N2O4/c1-10-13(4-3-5-14(10)17(19)20)16-9-11-8-12(21-2)6-7-15(11)18/h3-9,18H,1-2H3. The van der Waals surface area contributed by atoms with Crippen molar-refractivity contribution in [1.29, 1.82) is 0 Å². The highest BCUT2D eigenvalue weighted by atomic mass is 16.6. The Morgan fingerprint density at radius 2 is 2.10 bits per heavy atom. The Morgan fingerprint density at radius 1 is 1.33 bits per heavy atom. The zero-order valence-electron chi connectivity index (χ0n) is 11.6. The highest BCUT2D eigenvalue weighted by molar-refractivity contribution is 5.86. The van der Waals surface area contributed by atoms with Gasteiger partial charge in [-0.1, -0.05) is 6.07 Å². The Kier molecular flexibility index (Phi) is 4.18. The number of benzene rings is 2. The second-order valence-electron chi connectivity index (χ2n) is 4.36. The molecule has 2 rings (SSSR count). The van der Waals surface area contributed by atoms with Crippen molar-refractivity contribution in [2.24, 2.45) is 4.99 Å². The normalized spacial score (nSPS) is 10.8. The third kappa shape index (κ3) is 3.17. The van der Waals surface area contributed by atoms with Crippen LogP contribution in [0.15, 0.2) is 41.4 Å². The van der Waals surface area contributed by atoms with Gasteiger partial charge >= 0.3 is 0 Å². The summed E-state index contributed by atoms with van der Waals surface area (Å²) in [6.45, 7) is 1.64. The van der Waals surface area contributed by atoms with Crippen LogP contribution < -0.4 is 4.74 Å². The van der Waals surface area contributed by atoms with Crippen molar-refractivity contribution in [3.05, 3.63) is 57.6 Å². The summed E-state index contributed by atoms with van der Waals surface area (Å²) in [5.41, 5.74) is 1.44. The monoisotopic (exact) mass is 286 g/mol. The molecule has 0 bridgehead atoms. The summed E-state index contributed by atoms with van der Waals surface area (Å²) < 4.78 is 5.07. The molecule has 6 nitrogen and oxygen atoms in total. The third-order valence-electron chi connectivity index (χ3n) is 3.05. The number of nitro groups is 1. The fourth-order valence-electron chi connectivity index (χ4n) is 1.85. The minimum absolute atomic E-state index is 0.0134. The molecule has 1 N–H and O–H groups in total. The number of rotatable bonds is 4. The van der Waals surface area contributed by atoms with Gasteiger partial charge in [-0.15, -0.1) is 0 Å². The Labute approximate surface area is 121 Å². The lowest BCUT2D eigenvalue weighted by molar-refractivity contribution is -0.385. The maximum atomic E-state index is 10.9. The average molecular weight is 286 g/mol. The summed E-state index contributed by atoms with van der Waals surface area (Å²) in [7, 11) is 1.53. The molecule has 0 aliphatic rings. The number of hydrogen-bond donors (Lipinski definition) is 1. The van der Waals surface area contributed by atoms with Crippen LogP contribution in [0.2, 0.25) is 0 Å². The van der Waals surface area contributed by atoms with Crippen molar-refractivity contribution in [1.82, 2.24) is 0 Å². The van der Waals surface area contributed by atoms with E-state index >= 15 is 0 Å². The predicted molar refractivity (Wildman–Crippen MR) is 79.7 cm³/mol. The van der Waals surface area contributed by atoms with E-state index in [0.717, 1.165) is 0 Å². The quantitative estimate of drug-likeness (QED) is 0.530. The zero-order valence-corrected chi connectivity index (χ0v) is 11.6. The molecule has 0 aromatic heterocycles. The van der Waals surface area contributed by atoms with E-state index < -0.39 is 4.92 Å². The van der Waals surface area contributed by atoms with E-state index in [9.17, 15) is 15.2 Å². The molecule has 0 aliphatic carbocycles. The molecule has 0 unspecified atom stereocenters. The first kappa shape index (κ1) is 14.5. The molecule has 0 spiro atoms. The molecule has 2 aromatic carbocycles. The van der Waals surface area contributed by atoms with Crippen LogP contribution in [-0.2, 0) is 0 Å². The van der Waals surface area contributed by atoms with Gasteiger partial charge in [0.15, 0.2) is 0 Å². The third-order valence-corrected chi connectivity index (χ3v) is 3.05. The molecule has 108 valence electrons. The topological polar surface area (TPSA) is 85.0 Å². The summed E-state index contributed by atoms with van der Waals surface area (Å²) in [5, 5.41) is 20.6. The van der Waals surface area contributed by atoms with Gasteiger partial charge in [0, 0.05) is 17.8 Å². The number of aliphatic imine (C=N–C) groups is 1. The first-order chi connectivity index (χ1) is 10.0. The fourth-order valence-corrected chi connectivity index (χ4v) is 1.85. The lowest BCUT2D eigenvalue weighted by atomic mass is 10.1. The molecule has 0 saturated heterocycles. The number of methoxy groups -OCH3 is 1. The van der Waals surface area contributed by atoms with Crippen LogP contribution in [0.3, 0.4) is 0 Å². The maximum absolute atomic E-state index is 10.9. The lowest BCUT2D eigenvalue weighted by Crippen LogP contribution is -1.91. The predicted octanol–water partition coefficient (Wildman–Crippen LogP) is 3.37. The van der Waals surface area contributed by atoms with Gasteiger partial charge < -0.3 is 9.84 Å². The molecular weight excluding hydrogens is 272 g/mol. The minimum Gasteiger partial charge on any atom is -0.507 e. The second-order valence-corrected chi connectivity index (χ2v) is 4.36. The van der Waals surface area contributed by atoms with E-state index in [1.807, 2.05) is 0 Å². The highest BCUT2D eigenvalue weighted by Gasteiger charge is 2.12. The molecule has 0 amide bonds. The van der Waals surface area contributed by atoms with Gasteiger partial charge in [-0.3, -0.25) is 15.1 Å². The van der Waals surface area contributed by atoms with Crippen molar-refractivity contribution in [2.45, 2.75) is 6.92 Å². The molecule has 2 aromatic rings. The van der Waals surface area contributed by atoms with Gasteiger partial charge in [-0.25, -0.2) is 0 Å². The first-order valence-corrected chi connectivity index (χ1v) is 6.18. The van der Waals surface area contributed by atoms with Crippen molar-refractivity contribution < 1.29 is 14.8 Å². The van der Waals surface area contributed by atoms with E-state index in [4.69, 9.17) is 4.74 Å². The van der Waals surface area contributed by atoms with E-state index in [1.165, 1.54) is 25.5 Å². The smallest absolute Gasteiger partial charge is 0.274 e. The van der Waals surface area contributed by atoms with Gasteiger partial charge in [0.2, 0.25) is 0 Å². The summed E-state index contributed by atoms with van der Waals surface area (Å²) >= 11 is 0. The van der Waals surface area contributed by atoms with Gasteiger partial charge in [0.05, 0.1) is 23.3 Å². The van der Waals surface area contributed by atoms with Crippen LogP contribution in [0, 0.1) is 17.0 Å². The molecule has 0 fully saturated rings. The Hall–Kier alpha value is -2.89. The molecule has 0 atom stereocenters. The summed E-state index contributed by atoms with van der Waals surface area (Å²) in [4.78, 5) is 14.6. The van der Waals surface area contributed by atoms with Gasteiger partial charge in [-0.05, 0) is 31.2 Å². The Bertz CT molecular complexity index is 711. The minimum atomic E-state index is -0.447. The number of hydrogen-bond acceptors (Lipinski definition) is 5. The first-order valence-electron chi connectivity index (χ1n) is 6.18. The van der Waals surface area contributed by atoms with Crippen molar-refractivity contribution >= 4 is 17.6 Å². The van der Waals surface area contributed by atoms with Gasteiger partial charge in [0.25, 0.3) is 5.69 Å². The van der Waals surface area contributed by atoms with Crippen LogP contribution in [-0.4, -0.2) is 23.4 Å². The van der Waals surface area contributed by atoms with E-state index in [0.29, 0.717) is 22.6 Å². The molecule has 0 radical (unpaired) electrons. The summed E-state index contributed by atoms with van der Waals surface area (Å²) in [6.07, 6.45) is 1.45. The molecule has 0 saturated carbocycles. The average Bonchev–Trinajstić information content (AvgIpc) is 2.47. The van der Waals surface area contributed by atoms with Gasteiger partial charge in [-0.2, -0.15) is 0 Å². The number of phenolic OH excluding ortho intramolecular Hbond substituents is 1. The van der Waals surface area contributed by atoms with Crippen molar-refractivity contribution in [3.8, 4) is 11.5 Å². The largest absolute Gasteiger partial charge is 0.507 e. The molecular formula is C15H14N2O4. The molecule has 0 aliphatic heterocycles. The van der Waals surface area contributed by atoms with E-state index in [2.05, 4.69) is 4.99 Å². The van der Waals surface area contributed by atoms with Gasteiger partial charge in [0.1, 0.15) is 11.5 Å². The highest BCUT2D eigenvalue weighted by Crippen LogP contribution is 2.28. The van der Waals surface area contributed by atoms with E-state index in [-0.39, 0.29) is 11.4 Å². The number of phenols is 1. The van der Waals surface area contributed by atoms with Crippen LogP contribution in [0.1, 0.15) is 11.1 Å². The number of aromatic hydroxyl groups is 1. The molecule has 6 heteroatoms. The molecule has 0 heterocycles. The maximum Gasteiger partial charge on any atom is 0.274 e. The number of nitro benzene ring substituents is 1. The van der Waals surface area contributed by atoms with E-state index in [1.54, 1.807) is 31.2 Å². The lowest BCUT2D eigenvalue weighted by Gasteiger charge is -2.04. The number of ether oxygens (including phenoxy) is 1. The van der Waals surface area contributed by atoms with Crippen molar-refractivity contribution in [2.75, 3.05) is 7.11 Å².